The molecule has 0 saturated heterocycles. The van der Waals surface area contributed by atoms with E-state index in [4.69, 9.17) is 0 Å². The number of anilines is 2. The van der Waals surface area contributed by atoms with Crippen molar-refractivity contribution in [2.45, 2.75) is 27.3 Å². The molecule has 0 aliphatic rings. The minimum absolute atomic E-state index is 0.155. The fraction of sp³-hybridized carbons (Fsp3) is 0.222. The summed E-state index contributed by atoms with van der Waals surface area (Å²) < 4.78 is 1.21. The first-order valence-corrected chi connectivity index (χ1v) is 11.2. The highest BCUT2D eigenvalue weighted by atomic mass is 16.2. The molecule has 0 radical (unpaired) electrons. The van der Waals surface area contributed by atoms with Crippen molar-refractivity contribution in [2.75, 3.05) is 23.3 Å². The standard InChI is InChI=1S/C27H28N4O2/c1-4-30(5-2)23-12-13-24(19(3)16-23)28-26(32)18-31-27(33)15-14-25(29-31)22-11-10-20-8-6-7-9-21(20)17-22/h6-17H,4-5,18H2,1-3H3,(H,28,32). The second-order valence-corrected chi connectivity index (χ2v) is 8.00. The van der Waals surface area contributed by atoms with Gasteiger partial charge in [0, 0.05) is 36.1 Å². The van der Waals surface area contributed by atoms with Gasteiger partial charge in [-0.05, 0) is 67.4 Å². The van der Waals surface area contributed by atoms with Crippen LogP contribution in [0.15, 0.2) is 77.6 Å². The molecule has 0 fully saturated rings. The van der Waals surface area contributed by atoms with Gasteiger partial charge in [0.25, 0.3) is 5.56 Å². The summed E-state index contributed by atoms with van der Waals surface area (Å²) >= 11 is 0. The number of aromatic nitrogens is 2. The van der Waals surface area contributed by atoms with Gasteiger partial charge >= 0.3 is 0 Å². The van der Waals surface area contributed by atoms with Crippen LogP contribution in [-0.2, 0) is 11.3 Å². The fourth-order valence-electron chi connectivity index (χ4n) is 3.96. The van der Waals surface area contributed by atoms with Gasteiger partial charge < -0.3 is 10.2 Å². The second kappa shape index (κ2) is 9.69. The summed E-state index contributed by atoms with van der Waals surface area (Å²) in [6, 6.07) is 23.2. The van der Waals surface area contributed by atoms with E-state index in [1.165, 1.54) is 10.7 Å². The molecule has 0 spiro atoms. The Morgan fingerprint density at radius 2 is 1.70 bits per heavy atom. The van der Waals surface area contributed by atoms with E-state index >= 15 is 0 Å². The molecule has 0 atom stereocenters. The third kappa shape index (κ3) is 4.95. The summed E-state index contributed by atoms with van der Waals surface area (Å²) in [5.74, 6) is -0.293. The quantitative estimate of drug-likeness (QED) is 0.446. The highest BCUT2D eigenvalue weighted by Crippen LogP contribution is 2.24. The molecule has 6 heteroatoms. The largest absolute Gasteiger partial charge is 0.372 e. The second-order valence-electron chi connectivity index (χ2n) is 8.00. The van der Waals surface area contributed by atoms with Crippen molar-refractivity contribution in [3.63, 3.8) is 0 Å². The normalized spacial score (nSPS) is 10.9. The van der Waals surface area contributed by atoms with Crippen LogP contribution < -0.4 is 15.8 Å². The van der Waals surface area contributed by atoms with Crippen molar-refractivity contribution >= 4 is 28.1 Å². The Kier molecular flexibility index (Phi) is 6.54. The van der Waals surface area contributed by atoms with Crippen LogP contribution in [0.25, 0.3) is 22.0 Å². The summed E-state index contributed by atoms with van der Waals surface area (Å²) in [4.78, 5) is 27.3. The van der Waals surface area contributed by atoms with Gasteiger partial charge in [0.15, 0.2) is 0 Å². The van der Waals surface area contributed by atoms with Gasteiger partial charge in [0.2, 0.25) is 5.91 Å². The molecular weight excluding hydrogens is 412 g/mol. The van der Waals surface area contributed by atoms with Crippen LogP contribution in [0.5, 0.6) is 0 Å². The third-order valence-electron chi connectivity index (χ3n) is 5.82. The molecule has 1 amide bonds. The number of rotatable bonds is 7. The van der Waals surface area contributed by atoms with Crippen molar-refractivity contribution in [1.29, 1.82) is 0 Å². The number of nitrogens with one attached hydrogen (secondary N) is 1. The van der Waals surface area contributed by atoms with Crippen molar-refractivity contribution in [3.8, 4) is 11.3 Å². The molecule has 0 aliphatic heterocycles. The molecule has 0 aliphatic carbocycles. The lowest BCUT2D eigenvalue weighted by molar-refractivity contribution is -0.117. The van der Waals surface area contributed by atoms with Gasteiger partial charge in [-0.3, -0.25) is 9.59 Å². The molecule has 0 unspecified atom stereocenters. The van der Waals surface area contributed by atoms with Gasteiger partial charge in [-0.2, -0.15) is 5.10 Å². The molecule has 1 N–H and O–H groups in total. The number of hydrogen-bond donors (Lipinski definition) is 1. The Labute approximate surface area is 193 Å². The lowest BCUT2D eigenvalue weighted by atomic mass is 10.1. The summed E-state index contributed by atoms with van der Waals surface area (Å²) in [6.45, 7) is 7.88. The van der Waals surface area contributed by atoms with Gasteiger partial charge in [0.1, 0.15) is 6.54 Å². The molecule has 4 rings (SSSR count). The minimum Gasteiger partial charge on any atom is -0.372 e. The highest BCUT2D eigenvalue weighted by molar-refractivity contribution is 5.91. The Morgan fingerprint density at radius 3 is 2.42 bits per heavy atom. The maximum Gasteiger partial charge on any atom is 0.267 e. The number of carbonyl (C=O) groups excluding carboxylic acids is 1. The summed E-state index contributed by atoms with van der Waals surface area (Å²) in [5, 5.41) is 9.59. The van der Waals surface area contributed by atoms with Crippen LogP contribution in [-0.4, -0.2) is 28.8 Å². The molecule has 33 heavy (non-hydrogen) atoms. The van der Waals surface area contributed by atoms with Gasteiger partial charge in [0.05, 0.1) is 5.69 Å². The van der Waals surface area contributed by atoms with E-state index in [0.717, 1.165) is 46.4 Å². The minimum atomic E-state index is -0.316. The molecule has 0 saturated carbocycles. The number of fused-ring (bicyclic) bond motifs is 1. The molecule has 3 aromatic carbocycles. The monoisotopic (exact) mass is 440 g/mol. The van der Waals surface area contributed by atoms with E-state index in [1.807, 2.05) is 61.5 Å². The Bertz CT molecular complexity index is 1360. The molecular formula is C27H28N4O2. The summed E-state index contributed by atoms with van der Waals surface area (Å²) in [6.07, 6.45) is 0. The average molecular weight is 441 g/mol. The Balaban J connectivity index is 1.53. The van der Waals surface area contributed by atoms with Crippen LogP contribution in [0.2, 0.25) is 0 Å². The van der Waals surface area contributed by atoms with Crippen molar-refractivity contribution in [1.82, 2.24) is 9.78 Å². The predicted octanol–water partition coefficient (Wildman–Crippen LogP) is 4.86. The summed E-state index contributed by atoms with van der Waals surface area (Å²) in [7, 11) is 0. The number of carbonyl (C=O) groups is 1. The lowest BCUT2D eigenvalue weighted by Gasteiger charge is -2.22. The highest BCUT2D eigenvalue weighted by Gasteiger charge is 2.11. The lowest BCUT2D eigenvalue weighted by Crippen LogP contribution is -2.29. The number of benzene rings is 3. The van der Waals surface area contributed by atoms with Crippen LogP contribution in [0.3, 0.4) is 0 Å². The zero-order valence-corrected chi connectivity index (χ0v) is 19.2. The molecule has 1 aromatic heterocycles. The van der Waals surface area contributed by atoms with Crippen LogP contribution in [0.4, 0.5) is 11.4 Å². The maximum absolute atomic E-state index is 12.7. The number of hydrogen-bond acceptors (Lipinski definition) is 4. The van der Waals surface area contributed by atoms with Gasteiger partial charge in [-0.1, -0.05) is 36.4 Å². The first kappa shape index (κ1) is 22.3. The van der Waals surface area contributed by atoms with Crippen LogP contribution in [0, 0.1) is 6.92 Å². The van der Waals surface area contributed by atoms with E-state index in [2.05, 4.69) is 35.2 Å². The molecule has 168 valence electrons. The Hall–Kier alpha value is -3.93. The number of nitrogens with zero attached hydrogens (tertiary/aromatic N) is 3. The van der Waals surface area contributed by atoms with Crippen LogP contribution >= 0.6 is 0 Å². The average Bonchev–Trinajstić information content (AvgIpc) is 2.82. The molecule has 1 heterocycles. The fourth-order valence-corrected chi connectivity index (χ4v) is 3.96. The van der Waals surface area contributed by atoms with E-state index in [1.54, 1.807) is 6.07 Å². The van der Waals surface area contributed by atoms with Gasteiger partial charge in [-0.15, -0.1) is 0 Å². The first-order chi connectivity index (χ1) is 16.0. The summed E-state index contributed by atoms with van der Waals surface area (Å²) in [5.41, 5.74) is 4.05. The van der Waals surface area contributed by atoms with E-state index in [0.29, 0.717) is 5.69 Å². The van der Waals surface area contributed by atoms with E-state index < -0.39 is 0 Å². The topological polar surface area (TPSA) is 67.2 Å². The number of aryl methyl sites for hydroxylation is 1. The first-order valence-electron chi connectivity index (χ1n) is 11.2. The molecule has 6 nitrogen and oxygen atoms in total. The SMILES string of the molecule is CCN(CC)c1ccc(NC(=O)Cn2nc(-c3ccc4ccccc4c3)ccc2=O)c(C)c1. The van der Waals surface area contributed by atoms with Crippen molar-refractivity contribution in [3.05, 3.63) is 88.7 Å². The Morgan fingerprint density at radius 1 is 0.939 bits per heavy atom. The third-order valence-corrected chi connectivity index (χ3v) is 5.82. The van der Waals surface area contributed by atoms with Crippen LogP contribution in [0.1, 0.15) is 19.4 Å². The number of amides is 1. The van der Waals surface area contributed by atoms with E-state index in [-0.39, 0.29) is 18.0 Å². The van der Waals surface area contributed by atoms with Crippen molar-refractivity contribution in [2.24, 2.45) is 0 Å². The van der Waals surface area contributed by atoms with Crippen molar-refractivity contribution < 1.29 is 4.79 Å². The predicted molar refractivity (Wildman–Crippen MR) is 135 cm³/mol. The van der Waals surface area contributed by atoms with Gasteiger partial charge in [-0.25, -0.2) is 4.68 Å². The van der Waals surface area contributed by atoms with E-state index in [9.17, 15) is 9.59 Å². The molecule has 4 aromatic rings. The zero-order valence-electron chi connectivity index (χ0n) is 19.2. The smallest absolute Gasteiger partial charge is 0.267 e. The zero-order chi connectivity index (χ0) is 23.4. The maximum atomic E-state index is 12.7. The molecule has 0 bridgehead atoms.